The number of methoxy groups -OCH3 is 1. The van der Waals surface area contributed by atoms with Crippen molar-refractivity contribution in [1.29, 1.82) is 0 Å². The summed E-state index contributed by atoms with van der Waals surface area (Å²) in [4.78, 5) is 2.40. The molecule has 110 valence electrons. The topological polar surface area (TPSA) is 30.9 Å². The molecule has 1 aromatic carbocycles. The standard InChI is InChI=1S/C15H20BrNO3/c1-18-13-3-4-14(16)12(9-13)10-17-6-2-5-15(11-17)19-7-8-20-15/h3-4,9H,2,5-8,10-11H2,1H3. The van der Waals surface area contributed by atoms with Crippen molar-refractivity contribution in [3.8, 4) is 5.75 Å². The molecule has 4 nitrogen and oxygen atoms in total. The number of rotatable bonds is 3. The normalized spacial score (nSPS) is 22.3. The molecule has 0 aliphatic carbocycles. The minimum Gasteiger partial charge on any atom is -0.497 e. The SMILES string of the molecule is COc1ccc(Br)c(CN2CCCC3(C2)OCCO3)c1. The lowest BCUT2D eigenvalue weighted by molar-refractivity contribution is -0.190. The minimum atomic E-state index is -0.358. The van der Waals surface area contributed by atoms with Gasteiger partial charge in [0.25, 0.3) is 0 Å². The molecule has 0 aromatic heterocycles. The number of benzene rings is 1. The van der Waals surface area contributed by atoms with Gasteiger partial charge in [-0.25, -0.2) is 0 Å². The second kappa shape index (κ2) is 6.02. The van der Waals surface area contributed by atoms with Gasteiger partial charge in [0.05, 0.1) is 26.9 Å². The highest BCUT2D eigenvalue weighted by Crippen LogP contribution is 2.32. The molecule has 2 heterocycles. The first-order valence-electron chi connectivity index (χ1n) is 7.03. The monoisotopic (exact) mass is 341 g/mol. The van der Waals surface area contributed by atoms with E-state index >= 15 is 0 Å². The molecule has 1 spiro atoms. The number of ether oxygens (including phenoxy) is 3. The number of nitrogens with zero attached hydrogens (tertiary/aromatic N) is 1. The minimum absolute atomic E-state index is 0.358. The van der Waals surface area contributed by atoms with Gasteiger partial charge in [-0.2, -0.15) is 0 Å². The van der Waals surface area contributed by atoms with Crippen LogP contribution >= 0.6 is 15.9 Å². The van der Waals surface area contributed by atoms with Gasteiger partial charge in [0.15, 0.2) is 5.79 Å². The van der Waals surface area contributed by atoms with E-state index in [1.807, 2.05) is 12.1 Å². The van der Waals surface area contributed by atoms with Crippen LogP contribution in [0.1, 0.15) is 18.4 Å². The van der Waals surface area contributed by atoms with Crippen molar-refractivity contribution in [1.82, 2.24) is 4.90 Å². The summed E-state index contributed by atoms with van der Waals surface area (Å²) in [5, 5.41) is 0. The molecule has 2 aliphatic rings. The Morgan fingerprint density at radius 2 is 2.15 bits per heavy atom. The third kappa shape index (κ3) is 3.01. The van der Waals surface area contributed by atoms with E-state index in [9.17, 15) is 0 Å². The Kier molecular flexibility index (Phi) is 4.31. The van der Waals surface area contributed by atoms with E-state index in [1.165, 1.54) is 5.56 Å². The van der Waals surface area contributed by atoms with Crippen LogP contribution in [-0.4, -0.2) is 44.1 Å². The predicted octanol–water partition coefficient (Wildman–Crippen LogP) is 2.80. The Morgan fingerprint density at radius 1 is 1.35 bits per heavy atom. The highest BCUT2D eigenvalue weighted by atomic mass is 79.9. The number of hydrogen-bond donors (Lipinski definition) is 0. The lowest BCUT2D eigenvalue weighted by Crippen LogP contribution is -2.48. The van der Waals surface area contributed by atoms with Gasteiger partial charge < -0.3 is 14.2 Å². The summed E-state index contributed by atoms with van der Waals surface area (Å²) in [7, 11) is 1.70. The van der Waals surface area contributed by atoms with Gasteiger partial charge in [-0.05, 0) is 36.7 Å². The lowest BCUT2D eigenvalue weighted by Gasteiger charge is -2.38. The van der Waals surface area contributed by atoms with Gasteiger partial charge in [-0.15, -0.1) is 0 Å². The number of piperidine rings is 1. The quantitative estimate of drug-likeness (QED) is 0.845. The third-order valence-electron chi connectivity index (χ3n) is 3.96. The summed E-state index contributed by atoms with van der Waals surface area (Å²) in [5.74, 6) is 0.534. The van der Waals surface area contributed by atoms with E-state index in [1.54, 1.807) is 7.11 Å². The van der Waals surface area contributed by atoms with Crippen LogP contribution in [0.2, 0.25) is 0 Å². The highest BCUT2D eigenvalue weighted by molar-refractivity contribution is 9.10. The summed E-state index contributed by atoms with van der Waals surface area (Å²) >= 11 is 3.62. The molecule has 3 rings (SSSR count). The van der Waals surface area contributed by atoms with Crippen LogP contribution in [0.3, 0.4) is 0 Å². The van der Waals surface area contributed by atoms with E-state index in [0.717, 1.165) is 55.9 Å². The summed E-state index contributed by atoms with van der Waals surface area (Å²) in [6, 6.07) is 6.09. The summed E-state index contributed by atoms with van der Waals surface area (Å²) in [6.07, 6.45) is 2.12. The molecule has 2 fully saturated rings. The first-order chi connectivity index (χ1) is 9.71. The zero-order chi connectivity index (χ0) is 14.0. The summed E-state index contributed by atoms with van der Waals surface area (Å²) < 4.78 is 18.1. The second-order valence-electron chi connectivity index (χ2n) is 5.38. The fraction of sp³-hybridized carbons (Fsp3) is 0.600. The van der Waals surface area contributed by atoms with Crippen LogP contribution in [0.5, 0.6) is 5.75 Å². The van der Waals surface area contributed by atoms with E-state index in [0.29, 0.717) is 0 Å². The van der Waals surface area contributed by atoms with E-state index in [-0.39, 0.29) is 5.79 Å². The first kappa shape index (κ1) is 14.3. The Labute approximate surface area is 128 Å². The molecular formula is C15H20BrNO3. The van der Waals surface area contributed by atoms with Gasteiger partial charge in [0.1, 0.15) is 5.75 Å². The Balaban J connectivity index is 1.71. The molecule has 20 heavy (non-hydrogen) atoms. The first-order valence-corrected chi connectivity index (χ1v) is 7.83. The van der Waals surface area contributed by atoms with Crippen LogP contribution in [0, 0.1) is 0 Å². The van der Waals surface area contributed by atoms with Gasteiger partial charge in [-0.1, -0.05) is 15.9 Å². The van der Waals surface area contributed by atoms with Gasteiger partial charge >= 0.3 is 0 Å². The van der Waals surface area contributed by atoms with E-state index in [2.05, 4.69) is 26.9 Å². The molecule has 2 aliphatic heterocycles. The van der Waals surface area contributed by atoms with Crippen LogP contribution in [0.25, 0.3) is 0 Å². The zero-order valence-electron chi connectivity index (χ0n) is 11.7. The van der Waals surface area contributed by atoms with Crippen LogP contribution in [0.4, 0.5) is 0 Å². The molecule has 0 amide bonds. The molecule has 1 aromatic rings. The summed E-state index contributed by atoms with van der Waals surface area (Å²) in [5.41, 5.74) is 1.24. The highest BCUT2D eigenvalue weighted by Gasteiger charge is 2.40. The van der Waals surface area contributed by atoms with Crippen molar-refractivity contribution in [3.63, 3.8) is 0 Å². The van der Waals surface area contributed by atoms with Crippen molar-refractivity contribution >= 4 is 15.9 Å². The van der Waals surface area contributed by atoms with E-state index < -0.39 is 0 Å². The van der Waals surface area contributed by atoms with E-state index in [4.69, 9.17) is 14.2 Å². The zero-order valence-corrected chi connectivity index (χ0v) is 13.3. The molecule has 0 unspecified atom stereocenters. The van der Waals surface area contributed by atoms with Crippen LogP contribution < -0.4 is 4.74 Å². The molecular weight excluding hydrogens is 322 g/mol. The van der Waals surface area contributed by atoms with Crippen molar-refractivity contribution in [2.75, 3.05) is 33.4 Å². The second-order valence-corrected chi connectivity index (χ2v) is 6.23. The fourth-order valence-corrected chi connectivity index (χ4v) is 3.35. The maximum absolute atomic E-state index is 5.82. The van der Waals surface area contributed by atoms with Crippen molar-refractivity contribution in [2.24, 2.45) is 0 Å². The number of halogens is 1. The molecule has 5 heteroatoms. The Bertz CT molecular complexity index is 474. The van der Waals surface area contributed by atoms with Crippen LogP contribution in [0.15, 0.2) is 22.7 Å². The molecule has 0 radical (unpaired) electrons. The average molecular weight is 342 g/mol. The Hall–Kier alpha value is -0.620. The van der Waals surface area contributed by atoms with Crippen molar-refractivity contribution < 1.29 is 14.2 Å². The fourth-order valence-electron chi connectivity index (χ4n) is 2.98. The van der Waals surface area contributed by atoms with Crippen LogP contribution in [-0.2, 0) is 16.0 Å². The average Bonchev–Trinajstić information content (AvgIpc) is 2.89. The van der Waals surface area contributed by atoms with Crippen molar-refractivity contribution in [2.45, 2.75) is 25.2 Å². The smallest absolute Gasteiger partial charge is 0.181 e. The molecule has 0 bridgehead atoms. The van der Waals surface area contributed by atoms with Gasteiger partial charge in [0, 0.05) is 17.4 Å². The molecule has 0 N–H and O–H groups in total. The maximum Gasteiger partial charge on any atom is 0.181 e. The molecule has 0 saturated carbocycles. The lowest BCUT2D eigenvalue weighted by atomic mass is 10.0. The molecule has 0 atom stereocenters. The number of hydrogen-bond acceptors (Lipinski definition) is 4. The van der Waals surface area contributed by atoms with Crippen molar-refractivity contribution in [3.05, 3.63) is 28.2 Å². The largest absolute Gasteiger partial charge is 0.497 e. The predicted molar refractivity (Wildman–Crippen MR) is 79.8 cm³/mol. The Morgan fingerprint density at radius 3 is 2.90 bits per heavy atom. The van der Waals surface area contributed by atoms with Gasteiger partial charge in [0.2, 0.25) is 0 Å². The van der Waals surface area contributed by atoms with Gasteiger partial charge in [-0.3, -0.25) is 4.90 Å². The molecule has 2 saturated heterocycles. The third-order valence-corrected chi connectivity index (χ3v) is 4.73. The number of likely N-dealkylation sites (tertiary alicyclic amines) is 1. The maximum atomic E-state index is 5.82. The summed E-state index contributed by atoms with van der Waals surface area (Å²) in [6.45, 7) is 4.24.